The summed E-state index contributed by atoms with van der Waals surface area (Å²) in [6, 6.07) is 9.73. The number of nitrogens with one attached hydrogen (secondary N) is 1. The fraction of sp³-hybridized carbons (Fsp3) is 0.133. The van der Waals surface area contributed by atoms with Crippen molar-refractivity contribution in [3.05, 3.63) is 59.4 Å². The van der Waals surface area contributed by atoms with Crippen LogP contribution in [0, 0.1) is 0 Å². The number of nitrogens with zero attached hydrogens (tertiary/aromatic N) is 2. The van der Waals surface area contributed by atoms with E-state index in [1.807, 2.05) is 29.9 Å². The van der Waals surface area contributed by atoms with Crippen LogP contribution in [0.2, 0.25) is 0 Å². The normalized spacial score (nSPS) is 10.7. The Kier molecular flexibility index (Phi) is 4.50. The van der Waals surface area contributed by atoms with E-state index < -0.39 is 5.97 Å². The minimum Gasteiger partial charge on any atom is -0.545 e. The van der Waals surface area contributed by atoms with Crippen LogP contribution in [0.15, 0.2) is 47.7 Å². The summed E-state index contributed by atoms with van der Waals surface area (Å²) in [5.41, 5.74) is 4.09. The van der Waals surface area contributed by atoms with E-state index in [4.69, 9.17) is 0 Å². The van der Waals surface area contributed by atoms with Crippen LogP contribution >= 0.6 is 0 Å². The molecule has 6 heteroatoms. The van der Waals surface area contributed by atoms with Gasteiger partial charge in [-0.3, -0.25) is 4.79 Å². The summed E-state index contributed by atoms with van der Waals surface area (Å²) in [6.07, 6.45) is 3.55. The van der Waals surface area contributed by atoms with Crippen molar-refractivity contribution < 1.29 is 14.7 Å². The number of carboxylic acids is 1. The minimum absolute atomic E-state index is 0.0971. The first kappa shape index (κ1) is 14.5. The molecule has 1 aromatic heterocycles. The van der Waals surface area contributed by atoms with Gasteiger partial charge in [-0.15, -0.1) is 0 Å². The van der Waals surface area contributed by atoms with E-state index in [0.717, 1.165) is 5.69 Å². The molecule has 21 heavy (non-hydrogen) atoms. The number of carboxylic acid groups (broad SMARTS) is 1. The first-order valence-corrected chi connectivity index (χ1v) is 6.30. The molecule has 0 fully saturated rings. The van der Waals surface area contributed by atoms with Gasteiger partial charge in [-0.25, -0.2) is 5.43 Å². The lowest BCUT2D eigenvalue weighted by Gasteiger charge is -2.03. The monoisotopic (exact) mass is 284 g/mol. The topological polar surface area (TPSA) is 86.5 Å². The van der Waals surface area contributed by atoms with E-state index in [1.165, 1.54) is 18.3 Å². The quantitative estimate of drug-likeness (QED) is 0.623. The molecule has 0 atom stereocenters. The molecule has 0 saturated heterocycles. The Labute approximate surface area is 121 Å². The van der Waals surface area contributed by atoms with E-state index >= 15 is 0 Å². The molecule has 0 aliphatic carbocycles. The lowest BCUT2D eigenvalue weighted by Crippen LogP contribution is -2.22. The Morgan fingerprint density at radius 2 is 2.00 bits per heavy atom. The molecule has 108 valence electrons. The van der Waals surface area contributed by atoms with Crippen LogP contribution in [-0.2, 0) is 18.3 Å². The third-order valence-corrected chi connectivity index (χ3v) is 2.94. The van der Waals surface area contributed by atoms with E-state index in [-0.39, 0.29) is 17.9 Å². The standard InChI is InChI=1S/C15H15N3O3/c1-18-8-2-3-13(18)9-14(19)17-16-10-11-4-6-12(7-5-11)15(20)21/h2-8,10H,9H2,1H3,(H,17,19)(H,20,21)/p-1/b16-10-. The Bertz CT molecular complexity index is 672. The molecule has 0 radical (unpaired) electrons. The zero-order valence-electron chi connectivity index (χ0n) is 11.4. The fourth-order valence-corrected chi connectivity index (χ4v) is 1.77. The van der Waals surface area contributed by atoms with Crippen molar-refractivity contribution in [2.45, 2.75) is 6.42 Å². The largest absolute Gasteiger partial charge is 0.545 e. The van der Waals surface area contributed by atoms with Crippen molar-refractivity contribution in [2.75, 3.05) is 0 Å². The summed E-state index contributed by atoms with van der Waals surface area (Å²) < 4.78 is 1.86. The minimum atomic E-state index is -1.23. The third kappa shape index (κ3) is 4.04. The molecule has 0 spiro atoms. The number of hydrogen-bond donors (Lipinski definition) is 1. The number of carbonyl (C=O) groups excluding carboxylic acids is 2. The predicted molar refractivity (Wildman–Crippen MR) is 75.6 cm³/mol. The van der Waals surface area contributed by atoms with Crippen molar-refractivity contribution in [3.8, 4) is 0 Å². The summed E-state index contributed by atoms with van der Waals surface area (Å²) in [4.78, 5) is 22.3. The Morgan fingerprint density at radius 1 is 1.29 bits per heavy atom. The lowest BCUT2D eigenvalue weighted by molar-refractivity contribution is -0.255. The highest BCUT2D eigenvalue weighted by atomic mass is 16.4. The van der Waals surface area contributed by atoms with Crippen molar-refractivity contribution in [2.24, 2.45) is 12.1 Å². The highest BCUT2D eigenvalue weighted by Gasteiger charge is 2.04. The first-order chi connectivity index (χ1) is 10.1. The molecule has 1 heterocycles. The third-order valence-electron chi connectivity index (χ3n) is 2.94. The van der Waals surface area contributed by atoms with Crippen LogP contribution in [0.4, 0.5) is 0 Å². The molecular weight excluding hydrogens is 270 g/mol. The van der Waals surface area contributed by atoms with E-state index in [1.54, 1.807) is 12.1 Å². The predicted octanol–water partition coefficient (Wildman–Crippen LogP) is 0.0814. The van der Waals surface area contributed by atoms with Crippen molar-refractivity contribution >= 4 is 18.1 Å². The van der Waals surface area contributed by atoms with Gasteiger partial charge in [-0.1, -0.05) is 24.3 Å². The van der Waals surface area contributed by atoms with Crippen LogP contribution in [0.1, 0.15) is 21.6 Å². The van der Waals surface area contributed by atoms with Crippen molar-refractivity contribution in [1.82, 2.24) is 9.99 Å². The van der Waals surface area contributed by atoms with Crippen molar-refractivity contribution in [3.63, 3.8) is 0 Å². The van der Waals surface area contributed by atoms with Crippen molar-refractivity contribution in [1.29, 1.82) is 0 Å². The number of aromatic nitrogens is 1. The van der Waals surface area contributed by atoms with Gasteiger partial charge in [0.2, 0.25) is 5.91 Å². The second-order valence-corrected chi connectivity index (χ2v) is 4.49. The maximum Gasteiger partial charge on any atom is 0.245 e. The van der Waals surface area contributed by atoms with E-state index in [9.17, 15) is 14.7 Å². The molecule has 0 unspecified atom stereocenters. The number of hydrazone groups is 1. The van der Waals surface area contributed by atoms with Crippen LogP contribution in [0.3, 0.4) is 0 Å². The molecular formula is C15H14N3O3-. The number of benzene rings is 1. The highest BCUT2D eigenvalue weighted by molar-refractivity contribution is 5.88. The SMILES string of the molecule is Cn1cccc1CC(=O)N/N=C\c1ccc(C(=O)[O-])cc1. The molecule has 1 N–H and O–H groups in total. The van der Waals surface area contributed by atoms with Crippen LogP contribution in [-0.4, -0.2) is 22.7 Å². The summed E-state index contributed by atoms with van der Waals surface area (Å²) in [5.74, 6) is -1.45. The van der Waals surface area contributed by atoms with Gasteiger partial charge >= 0.3 is 0 Å². The van der Waals surface area contributed by atoms with Gasteiger partial charge in [-0.2, -0.15) is 5.10 Å². The molecule has 2 aromatic rings. The molecule has 2 rings (SSSR count). The van der Waals surface area contributed by atoms with Crippen LogP contribution in [0.5, 0.6) is 0 Å². The average Bonchev–Trinajstić information content (AvgIpc) is 2.85. The van der Waals surface area contributed by atoms with Gasteiger partial charge in [0.05, 0.1) is 18.6 Å². The van der Waals surface area contributed by atoms with Crippen LogP contribution in [0.25, 0.3) is 0 Å². The first-order valence-electron chi connectivity index (χ1n) is 6.30. The van der Waals surface area contributed by atoms with Gasteiger partial charge < -0.3 is 14.5 Å². The Balaban J connectivity index is 1.88. The van der Waals surface area contributed by atoms with Gasteiger partial charge in [0.25, 0.3) is 0 Å². The van der Waals surface area contributed by atoms with Crippen LogP contribution < -0.4 is 10.5 Å². The molecule has 1 aromatic carbocycles. The highest BCUT2D eigenvalue weighted by Crippen LogP contribution is 2.02. The summed E-state index contributed by atoms with van der Waals surface area (Å²) >= 11 is 0. The number of hydrogen-bond acceptors (Lipinski definition) is 4. The lowest BCUT2D eigenvalue weighted by atomic mass is 10.1. The zero-order chi connectivity index (χ0) is 15.2. The molecule has 1 amide bonds. The van der Waals surface area contributed by atoms with E-state index in [2.05, 4.69) is 10.5 Å². The molecule has 0 aliphatic rings. The summed E-state index contributed by atoms with van der Waals surface area (Å²) in [5, 5.41) is 14.4. The number of carbonyl (C=O) groups is 2. The zero-order valence-corrected chi connectivity index (χ0v) is 11.4. The average molecular weight is 284 g/mol. The number of aromatic carboxylic acids is 1. The summed E-state index contributed by atoms with van der Waals surface area (Å²) in [6.45, 7) is 0. The number of amides is 1. The smallest absolute Gasteiger partial charge is 0.245 e. The maximum absolute atomic E-state index is 11.7. The second-order valence-electron chi connectivity index (χ2n) is 4.49. The maximum atomic E-state index is 11.7. The van der Waals surface area contributed by atoms with Gasteiger partial charge in [0, 0.05) is 18.9 Å². The number of aryl methyl sites for hydroxylation is 1. The number of rotatable bonds is 5. The fourth-order valence-electron chi connectivity index (χ4n) is 1.77. The molecule has 0 aliphatic heterocycles. The summed E-state index contributed by atoms with van der Waals surface area (Å²) in [7, 11) is 1.87. The molecule has 0 bridgehead atoms. The Morgan fingerprint density at radius 3 is 2.57 bits per heavy atom. The molecule has 6 nitrogen and oxygen atoms in total. The van der Waals surface area contributed by atoms with Gasteiger partial charge in [-0.05, 0) is 23.3 Å². The van der Waals surface area contributed by atoms with E-state index in [0.29, 0.717) is 5.56 Å². The Hall–Kier alpha value is -2.89. The molecule has 0 saturated carbocycles. The van der Waals surface area contributed by atoms with Gasteiger partial charge in [0.15, 0.2) is 0 Å². The second kappa shape index (κ2) is 6.51. The van der Waals surface area contributed by atoms with Gasteiger partial charge in [0.1, 0.15) is 0 Å².